The molecule has 3 aromatic rings. The zero-order valence-electron chi connectivity index (χ0n) is 14.9. The number of nitrogens with one attached hydrogen (secondary N) is 1. The number of carbonyl (C=O) groups excluding carboxylic acids is 1. The highest BCUT2D eigenvalue weighted by Crippen LogP contribution is 2.19. The summed E-state index contributed by atoms with van der Waals surface area (Å²) in [4.78, 5) is 16.5. The number of hydrogen-bond donors (Lipinski definition) is 1. The third kappa shape index (κ3) is 4.15. The van der Waals surface area contributed by atoms with E-state index in [2.05, 4.69) is 42.3 Å². The van der Waals surface area contributed by atoms with Gasteiger partial charge in [-0.05, 0) is 49.6 Å². The molecule has 0 aliphatic rings. The summed E-state index contributed by atoms with van der Waals surface area (Å²) in [6, 6.07) is 14.0. The maximum Gasteiger partial charge on any atom is 0.251 e. The van der Waals surface area contributed by atoms with Crippen LogP contribution in [0.25, 0.3) is 0 Å². The van der Waals surface area contributed by atoms with Crippen LogP contribution >= 0.6 is 0 Å². The summed E-state index contributed by atoms with van der Waals surface area (Å²) in [6.45, 7) is 6.92. The largest absolute Gasteiger partial charge is 0.346 e. The van der Waals surface area contributed by atoms with Crippen molar-refractivity contribution in [3.8, 4) is 0 Å². The zero-order chi connectivity index (χ0) is 17.8. The summed E-state index contributed by atoms with van der Waals surface area (Å²) in [5.74, 6) is -0.0540. The summed E-state index contributed by atoms with van der Waals surface area (Å²) in [6.07, 6.45) is 5.47. The summed E-state index contributed by atoms with van der Waals surface area (Å²) in [7, 11) is 0. The van der Waals surface area contributed by atoms with Gasteiger partial charge in [-0.2, -0.15) is 0 Å². The highest BCUT2D eigenvalue weighted by molar-refractivity contribution is 5.94. The van der Waals surface area contributed by atoms with Crippen LogP contribution in [0.15, 0.2) is 61.2 Å². The number of amides is 1. The topological polar surface area (TPSA) is 46.9 Å². The van der Waals surface area contributed by atoms with Crippen molar-refractivity contribution in [2.75, 3.05) is 0 Å². The molecular weight excluding hydrogens is 310 g/mol. The van der Waals surface area contributed by atoms with Gasteiger partial charge < -0.3 is 9.88 Å². The minimum atomic E-state index is -0.0540. The molecule has 0 aliphatic heterocycles. The first kappa shape index (κ1) is 17.0. The maximum atomic E-state index is 12.5. The molecule has 4 nitrogen and oxygen atoms in total. The Kier molecular flexibility index (Phi) is 4.98. The third-order valence-electron chi connectivity index (χ3n) is 4.38. The average Bonchev–Trinajstić information content (AvgIpc) is 3.08. The van der Waals surface area contributed by atoms with Gasteiger partial charge in [0.2, 0.25) is 0 Å². The molecule has 1 amide bonds. The van der Waals surface area contributed by atoms with E-state index < -0.39 is 0 Å². The number of aromatic nitrogens is 2. The van der Waals surface area contributed by atoms with Crippen LogP contribution < -0.4 is 5.32 Å². The molecule has 25 heavy (non-hydrogen) atoms. The molecule has 1 aromatic heterocycles. The van der Waals surface area contributed by atoms with Gasteiger partial charge in [0.15, 0.2) is 0 Å². The number of hydrogen-bond acceptors (Lipinski definition) is 2. The zero-order valence-corrected chi connectivity index (χ0v) is 14.9. The van der Waals surface area contributed by atoms with Gasteiger partial charge in [-0.25, -0.2) is 4.98 Å². The van der Waals surface area contributed by atoms with Crippen molar-refractivity contribution in [2.24, 2.45) is 0 Å². The van der Waals surface area contributed by atoms with E-state index in [1.165, 1.54) is 11.1 Å². The van der Waals surface area contributed by atoms with Crippen molar-refractivity contribution >= 4 is 5.91 Å². The van der Waals surface area contributed by atoms with Crippen molar-refractivity contribution in [3.63, 3.8) is 0 Å². The Bertz CT molecular complexity index is 851. The van der Waals surface area contributed by atoms with E-state index in [0.29, 0.717) is 5.56 Å². The van der Waals surface area contributed by atoms with E-state index in [1.807, 2.05) is 42.0 Å². The van der Waals surface area contributed by atoms with Crippen molar-refractivity contribution < 1.29 is 4.79 Å². The van der Waals surface area contributed by atoms with Gasteiger partial charge in [-0.15, -0.1) is 0 Å². The van der Waals surface area contributed by atoms with Gasteiger partial charge in [-0.3, -0.25) is 4.79 Å². The minimum Gasteiger partial charge on any atom is -0.346 e. The standard InChI is InChI=1S/C21H23N3O/c1-15-4-9-20(16(2)12-15)17(3)23-21(25)19-7-5-18(6-8-19)13-24-11-10-22-14-24/h4-12,14,17H,13H2,1-3H3,(H,23,25)/t17-/m0/s1. The molecule has 0 spiro atoms. The second kappa shape index (κ2) is 7.34. The van der Waals surface area contributed by atoms with E-state index >= 15 is 0 Å². The first-order valence-corrected chi connectivity index (χ1v) is 8.45. The number of nitrogens with zero attached hydrogens (tertiary/aromatic N) is 2. The number of rotatable bonds is 5. The SMILES string of the molecule is Cc1ccc([C@H](C)NC(=O)c2ccc(Cn3ccnc3)cc2)c(C)c1. The fourth-order valence-electron chi connectivity index (χ4n) is 3.02. The van der Waals surface area contributed by atoms with E-state index in [1.54, 1.807) is 12.5 Å². The normalized spacial score (nSPS) is 12.0. The van der Waals surface area contributed by atoms with Crippen molar-refractivity contribution in [1.29, 1.82) is 0 Å². The molecule has 0 bridgehead atoms. The lowest BCUT2D eigenvalue weighted by Crippen LogP contribution is -2.27. The second-order valence-corrected chi connectivity index (χ2v) is 6.49. The molecule has 1 heterocycles. The molecule has 1 N–H and O–H groups in total. The van der Waals surface area contributed by atoms with Crippen molar-refractivity contribution in [1.82, 2.24) is 14.9 Å². The fraction of sp³-hybridized carbons (Fsp3) is 0.238. The van der Waals surface area contributed by atoms with Gasteiger partial charge in [0.25, 0.3) is 5.91 Å². The van der Waals surface area contributed by atoms with E-state index in [-0.39, 0.29) is 11.9 Å². The second-order valence-electron chi connectivity index (χ2n) is 6.49. The Morgan fingerprint density at radius 2 is 1.92 bits per heavy atom. The molecule has 0 saturated carbocycles. The minimum absolute atomic E-state index is 0.0290. The van der Waals surface area contributed by atoms with Gasteiger partial charge in [-0.1, -0.05) is 35.9 Å². The van der Waals surface area contributed by atoms with Crippen LogP contribution in [0.2, 0.25) is 0 Å². The summed E-state index contributed by atoms with van der Waals surface area (Å²) in [5, 5.41) is 3.08. The van der Waals surface area contributed by atoms with E-state index in [9.17, 15) is 4.79 Å². The molecule has 0 unspecified atom stereocenters. The van der Waals surface area contributed by atoms with Crippen molar-refractivity contribution in [3.05, 3.63) is 89.0 Å². The fourth-order valence-corrected chi connectivity index (χ4v) is 3.02. The van der Waals surface area contributed by atoms with Crippen LogP contribution in [0.4, 0.5) is 0 Å². The van der Waals surface area contributed by atoms with Crippen LogP contribution in [0.1, 0.15) is 45.6 Å². The molecule has 2 aromatic carbocycles. The smallest absolute Gasteiger partial charge is 0.251 e. The lowest BCUT2D eigenvalue weighted by atomic mass is 10.00. The van der Waals surface area contributed by atoms with Crippen molar-refractivity contribution in [2.45, 2.75) is 33.4 Å². The molecule has 0 aliphatic carbocycles. The molecular formula is C21H23N3O. The van der Waals surface area contributed by atoms with Gasteiger partial charge in [0, 0.05) is 24.5 Å². The summed E-state index contributed by atoms with van der Waals surface area (Å²) < 4.78 is 2.00. The molecule has 1 atom stereocenters. The molecule has 3 rings (SSSR count). The van der Waals surface area contributed by atoms with Gasteiger partial charge in [0.1, 0.15) is 0 Å². The Balaban J connectivity index is 1.66. The Morgan fingerprint density at radius 1 is 1.16 bits per heavy atom. The Hall–Kier alpha value is -2.88. The van der Waals surface area contributed by atoms with Crippen LogP contribution in [0.5, 0.6) is 0 Å². The molecule has 0 fully saturated rings. The van der Waals surface area contributed by atoms with Crippen LogP contribution in [-0.4, -0.2) is 15.5 Å². The average molecular weight is 333 g/mol. The van der Waals surface area contributed by atoms with Gasteiger partial charge >= 0.3 is 0 Å². The monoisotopic (exact) mass is 333 g/mol. The number of carbonyl (C=O) groups is 1. The Labute approximate surface area is 148 Å². The Morgan fingerprint density at radius 3 is 2.56 bits per heavy atom. The van der Waals surface area contributed by atoms with Crippen LogP contribution in [0, 0.1) is 13.8 Å². The first-order valence-electron chi connectivity index (χ1n) is 8.45. The lowest BCUT2D eigenvalue weighted by molar-refractivity contribution is 0.0940. The molecule has 0 radical (unpaired) electrons. The van der Waals surface area contributed by atoms with Crippen LogP contribution in [0.3, 0.4) is 0 Å². The quantitative estimate of drug-likeness (QED) is 0.766. The lowest BCUT2D eigenvalue weighted by Gasteiger charge is -2.17. The third-order valence-corrected chi connectivity index (χ3v) is 4.38. The number of benzene rings is 2. The van der Waals surface area contributed by atoms with Crippen LogP contribution in [-0.2, 0) is 6.54 Å². The van der Waals surface area contributed by atoms with Gasteiger partial charge in [0.05, 0.1) is 12.4 Å². The number of imidazole rings is 1. The number of aryl methyl sites for hydroxylation is 2. The maximum absolute atomic E-state index is 12.5. The summed E-state index contributed by atoms with van der Waals surface area (Å²) in [5.41, 5.74) is 5.38. The van der Waals surface area contributed by atoms with E-state index in [4.69, 9.17) is 0 Å². The van der Waals surface area contributed by atoms with E-state index in [0.717, 1.165) is 17.7 Å². The summed E-state index contributed by atoms with van der Waals surface area (Å²) >= 11 is 0. The predicted molar refractivity (Wildman–Crippen MR) is 99.6 cm³/mol. The highest BCUT2D eigenvalue weighted by Gasteiger charge is 2.13. The molecule has 4 heteroatoms. The first-order chi connectivity index (χ1) is 12.0. The highest BCUT2D eigenvalue weighted by atomic mass is 16.1. The predicted octanol–water partition coefficient (Wildman–Crippen LogP) is 4.04. The molecule has 128 valence electrons. The molecule has 0 saturated heterocycles.